The highest BCUT2D eigenvalue weighted by atomic mass is 14.7. The zero-order chi connectivity index (χ0) is 13.2. The van der Waals surface area contributed by atoms with Gasteiger partial charge in [-0.25, -0.2) is 0 Å². The molecule has 0 aliphatic rings. The Morgan fingerprint density at radius 3 is 2.44 bits per heavy atom. The van der Waals surface area contributed by atoms with Crippen LogP contribution in [0.15, 0.2) is 42.5 Å². The van der Waals surface area contributed by atoms with Gasteiger partial charge < -0.3 is 5.73 Å². The molecule has 1 unspecified atom stereocenters. The third kappa shape index (κ3) is 2.56. The molecule has 96 valence electrons. The summed E-state index contributed by atoms with van der Waals surface area (Å²) in [6, 6.07) is 15.2. The van der Waals surface area contributed by atoms with Gasteiger partial charge in [0.15, 0.2) is 0 Å². The van der Waals surface area contributed by atoms with Crippen LogP contribution in [0.25, 0.3) is 10.8 Å². The number of fused-ring (bicyclic) bond motifs is 1. The van der Waals surface area contributed by atoms with Gasteiger partial charge in [-0.2, -0.15) is 0 Å². The van der Waals surface area contributed by atoms with E-state index in [2.05, 4.69) is 63.2 Å². The molecule has 0 saturated carbocycles. The molecule has 0 radical (unpaired) electrons. The average molecular weight is 241 g/mol. The molecule has 0 aliphatic carbocycles. The van der Waals surface area contributed by atoms with Gasteiger partial charge in [-0.05, 0) is 34.6 Å². The minimum absolute atomic E-state index is 0.191. The molecule has 2 aromatic carbocycles. The molecule has 0 aromatic heterocycles. The predicted molar refractivity (Wildman–Crippen MR) is 79.7 cm³/mol. The Morgan fingerprint density at radius 2 is 1.72 bits per heavy atom. The fraction of sp³-hybridized carbons (Fsp3) is 0.412. The van der Waals surface area contributed by atoms with Gasteiger partial charge in [0.2, 0.25) is 0 Å². The van der Waals surface area contributed by atoms with E-state index >= 15 is 0 Å². The molecular formula is C17H23N. The molecule has 0 saturated heterocycles. The predicted octanol–water partition coefficient (Wildman–Crippen LogP) is 4.15. The maximum atomic E-state index is 6.39. The molecule has 0 amide bonds. The number of rotatable bonds is 4. The van der Waals surface area contributed by atoms with Crippen molar-refractivity contribution in [2.45, 2.75) is 39.7 Å². The van der Waals surface area contributed by atoms with Crippen LogP contribution in [0.5, 0.6) is 0 Å². The van der Waals surface area contributed by atoms with Gasteiger partial charge in [0.1, 0.15) is 0 Å². The Kier molecular flexibility index (Phi) is 3.72. The smallest absolute Gasteiger partial charge is 0.0131 e. The average Bonchev–Trinajstić information content (AvgIpc) is 2.39. The Morgan fingerprint density at radius 1 is 1.06 bits per heavy atom. The van der Waals surface area contributed by atoms with Crippen LogP contribution in [0.2, 0.25) is 0 Å². The summed E-state index contributed by atoms with van der Waals surface area (Å²) >= 11 is 0. The van der Waals surface area contributed by atoms with Crippen LogP contribution in [0.4, 0.5) is 0 Å². The SMILES string of the molecule is CCC(C)(C)C(N)Cc1cccc2ccccc12. The van der Waals surface area contributed by atoms with Crippen molar-refractivity contribution < 1.29 is 0 Å². The van der Waals surface area contributed by atoms with Gasteiger partial charge >= 0.3 is 0 Å². The van der Waals surface area contributed by atoms with Crippen molar-refractivity contribution in [3.05, 3.63) is 48.0 Å². The molecule has 2 N–H and O–H groups in total. The van der Waals surface area contributed by atoms with Gasteiger partial charge in [-0.15, -0.1) is 0 Å². The van der Waals surface area contributed by atoms with Gasteiger partial charge in [0.25, 0.3) is 0 Å². The molecule has 0 spiro atoms. The van der Waals surface area contributed by atoms with Crippen LogP contribution in [0.3, 0.4) is 0 Å². The second-order valence-corrected chi connectivity index (χ2v) is 5.79. The van der Waals surface area contributed by atoms with Crippen LogP contribution in [0.1, 0.15) is 32.8 Å². The summed E-state index contributed by atoms with van der Waals surface area (Å²) in [7, 11) is 0. The Balaban J connectivity index is 2.32. The number of hydrogen-bond acceptors (Lipinski definition) is 1. The first-order valence-corrected chi connectivity index (χ1v) is 6.77. The molecule has 2 rings (SSSR count). The van der Waals surface area contributed by atoms with Crippen molar-refractivity contribution in [1.29, 1.82) is 0 Å². The Hall–Kier alpha value is -1.34. The van der Waals surface area contributed by atoms with E-state index in [1.165, 1.54) is 16.3 Å². The fourth-order valence-electron chi connectivity index (χ4n) is 2.25. The molecule has 1 heteroatoms. The standard InChI is InChI=1S/C17H23N/c1-4-17(2,3)16(18)12-14-10-7-9-13-8-5-6-11-15(13)14/h5-11,16H,4,12,18H2,1-3H3. The van der Waals surface area contributed by atoms with E-state index in [1.807, 2.05) is 0 Å². The molecule has 1 atom stereocenters. The van der Waals surface area contributed by atoms with Crippen molar-refractivity contribution >= 4 is 10.8 Å². The zero-order valence-corrected chi connectivity index (χ0v) is 11.6. The number of nitrogens with two attached hydrogens (primary N) is 1. The van der Waals surface area contributed by atoms with Crippen LogP contribution < -0.4 is 5.73 Å². The number of benzene rings is 2. The lowest BCUT2D eigenvalue weighted by Crippen LogP contribution is -2.38. The summed E-state index contributed by atoms with van der Waals surface area (Å²) in [6.07, 6.45) is 2.06. The van der Waals surface area contributed by atoms with E-state index in [4.69, 9.17) is 5.73 Å². The highest BCUT2D eigenvalue weighted by Crippen LogP contribution is 2.28. The second-order valence-electron chi connectivity index (χ2n) is 5.79. The molecule has 1 nitrogen and oxygen atoms in total. The molecule has 2 aromatic rings. The topological polar surface area (TPSA) is 26.0 Å². The van der Waals surface area contributed by atoms with Crippen LogP contribution in [-0.4, -0.2) is 6.04 Å². The maximum Gasteiger partial charge on any atom is 0.0131 e. The summed E-state index contributed by atoms with van der Waals surface area (Å²) in [4.78, 5) is 0. The van der Waals surface area contributed by atoms with E-state index in [-0.39, 0.29) is 11.5 Å². The lowest BCUT2D eigenvalue weighted by Gasteiger charge is -2.30. The summed E-state index contributed by atoms with van der Waals surface area (Å²) in [5.41, 5.74) is 7.94. The maximum absolute atomic E-state index is 6.39. The van der Waals surface area contributed by atoms with Crippen molar-refractivity contribution in [2.24, 2.45) is 11.1 Å². The lowest BCUT2D eigenvalue weighted by atomic mass is 9.79. The number of hydrogen-bond donors (Lipinski definition) is 1. The molecule has 0 bridgehead atoms. The highest BCUT2D eigenvalue weighted by Gasteiger charge is 2.24. The van der Waals surface area contributed by atoms with E-state index < -0.39 is 0 Å². The first-order valence-electron chi connectivity index (χ1n) is 6.77. The molecule has 0 fully saturated rings. The summed E-state index contributed by atoms with van der Waals surface area (Å²) < 4.78 is 0. The minimum Gasteiger partial charge on any atom is -0.327 e. The first-order chi connectivity index (χ1) is 8.54. The third-order valence-corrected chi connectivity index (χ3v) is 4.23. The van der Waals surface area contributed by atoms with Gasteiger partial charge in [-0.1, -0.05) is 63.2 Å². The van der Waals surface area contributed by atoms with E-state index in [0.717, 1.165) is 12.8 Å². The second kappa shape index (κ2) is 5.11. The Labute approximate surface area is 110 Å². The van der Waals surface area contributed by atoms with Gasteiger partial charge in [0.05, 0.1) is 0 Å². The largest absolute Gasteiger partial charge is 0.327 e. The molecule has 18 heavy (non-hydrogen) atoms. The molecule has 0 heterocycles. The third-order valence-electron chi connectivity index (χ3n) is 4.23. The van der Waals surface area contributed by atoms with E-state index in [9.17, 15) is 0 Å². The zero-order valence-electron chi connectivity index (χ0n) is 11.6. The van der Waals surface area contributed by atoms with Crippen molar-refractivity contribution in [2.75, 3.05) is 0 Å². The van der Waals surface area contributed by atoms with Crippen LogP contribution in [0, 0.1) is 5.41 Å². The van der Waals surface area contributed by atoms with Crippen LogP contribution in [-0.2, 0) is 6.42 Å². The minimum atomic E-state index is 0.191. The molecular weight excluding hydrogens is 218 g/mol. The van der Waals surface area contributed by atoms with Crippen molar-refractivity contribution in [3.8, 4) is 0 Å². The fourth-order valence-corrected chi connectivity index (χ4v) is 2.25. The van der Waals surface area contributed by atoms with E-state index in [1.54, 1.807) is 0 Å². The van der Waals surface area contributed by atoms with Gasteiger partial charge in [0, 0.05) is 6.04 Å². The quantitative estimate of drug-likeness (QED) is 0.855. The normalized spacial score (nSPS) is 13.8. The van der Waals surface area contributed by atoms with Crippen molar-refractivity contribution in [3.63, 3.8) is 0 Å². The lowest BCUT2D eigenvalue weighted by molar-refractivity contribution is 0.273. The summed E-state index contributed by atoms with van der Waals surface area (Å²) in [6.45, 7) is 6.72. The van der Waals surface area contributed by atoms with Gasteiger partial charge in [-0.3, -0.25) is 0 Å². The molecule has 0 aliphatic heterocycles. The van der Waals surface area contributed by atoms with Crippen molar-refractivity contribution in [1.82, 2.24) is 0 Å². The Bertz CT molecular complexity index is 523. The van der Waals surface area contributed by atoms with E-state index in [0.29, 0.717) is 0 Å². The van der Waals surface area contributed by atoms with Crippen LogP contribution >= 0.6 is 0 Å². The monoisotopic (exact) mass is 241 g/mol. The summed E-state index contributed by atoms with van der Waals surface area (Å²) in [5.74, 6) is 0. The first kappa shape index (κ1) is 13.1. The highest BCUT2D eigenvalue weighted by molar-refractivity contribution is 5.85. The summed E-state index contributed by atoms with van der Waals surface area (Å²) in [5, 5.41) is 2.64.